The molecule has 0 aliphatic rings. The molecule has 1 aromatic heterocycles. The third-order valence-corrected chi connectivity index (χ3v) is 3.68. The smallest absolute Gasteiger partial charge is 0.313 e. The van der Waals surface area contributed by atoms with Gasteiger partial charge in [0, 0.05) is 11.9 Å². The number of carboxylic acids is 1. The molecule has 0 radical (unpaired) electrons. The average Bonchev–Trinajstić information content (AvgIpc) is 2.78. The lowest BCUT2D eigenvalue weighted by atomic mass is 10.1. The number of carbonyl (C=O) groups is 1. The predicted octanol–water partition coefficient (Wildman–Crippen LogP) is 2.92. The quantitative estimate of drug-likeness (QED) is 0.853. The van der Waals surface area contributed by atoms with Crippen molar-refractivity contribution in [1.82, 2.24) is 9.55 Å². The average molecular weight is 276 g/mol. The van der Waals surface area contributed by atoms with Crippen molar-refractivity contribution in [3.8, 4) is 5.69 Å². The van der Waals surface area contributed by atoms with Crippen LogP contribution >= 0.6 is 11.8 Å². The summed E-state index contributed by atoms with van der Waals surface area (Å²) < 4.78 is 1.93. The van der Waals surface area contributed by atoms with E-state index in [-0.39, 0.29) is 5.75 Å². The van der Waals surface area contributed by atoms with E-state index in [4.69, 9.17) is 5.11 Å². The Bertz CT molecular complexity index is 576. The Balaban J connectivity index is 2.29. The lowest BCUT2D eigenvalue weighted by molar-refractivity contribution is -0.133. The molecule has 0 unspecified atom stereocenters. The van der Waals surface area contributed by atoms with Crippen LogP contribution < -0.4 is 0 Å². The van der Waals surface area contributed by atoms with Gasteiger partial charge in [-0.05, 0) is 31.0 Å². The van der Waals surface area contributed by atoms with Gasteiger partial charge in [0.1, 0.15) is 0 Å². The van der Waals surface area contributed by atoms with Gasteiger partial charge in [-0.2, -0.15) is 0 Å². The van der Waals surface area contributed by atoms with Gasteiger partial charge in [0.05, 0.1) is 11.4 Å². The number of aromatic nitrogens is 2. The summed E-state index contributed by atoms with van der Waals surface area (Å²) in [4.78, 5) is 15.0. The van der Waals surface area contributed by atoms with E-state index in [0.29, 0.717) is 5.16 Å². The first-order chi connectivity index (χ1) is 9.10. The second-order valence-electron chi connectivity index (χ2n) is 4.24. The molecule has 0 fully saturated rings. The van der Waals surface area contributed by atoms with Crippen molar-refractivity contribution in [2.45, 2.75) is 25.4 Å². The zero-order valence-electron chi connectivity index (χ0n) is 11.0. The fourth-order valence-corrected chi connectivity index (χ4v) is 2.54. The van der Waals surface area contributed by atoms with Crippen molar-refractivity contribution in [3.63, 3.8) is 0 Å². The van der Waals surface area contributed by atoms with E-state index in [1.807, 2.05) is 29.8 Å². The molecule has 2 rings (SSSR count). The fraction of sp³-hybridized carbons (Fsp3) is 0.286. The normalized spacial score (nSPS) is 10.6. The third kappa shape index (κ3) is 3.38. The van der Waals surface area contributed by atoms with Gasteiger partial charge >= 0.3 is 5.97 Å². The molecule has 0 saturated heterocycles. The van der Waals surface area contributed by atoms with Crippen molar-refractivity contribution >= 4 is 17.7 Å². The van der Waals surface area contributed by atoms with Crippen LogP contribution in [0.5, 0.6) is 0 Å². The Hall–Kier alpha value is -1.75. The summed E-state index contributed by atoms with van der Waals surface area (Å²) in [7, 11) is 0. The van der Waals surface area contributed by atoms with Crippen LogP contribution in [0.3, 0.4) is 0 Å². The molecule has 1 aromatic carbocycles. The van der Waals surface area contributed by atoms with E-state index >= 15 is 0 Å². The third-order valence-electron chi connectivity index (χ3n) is 2.74. The Kier molecular flexibility index (Phi) is 4.27. The Labute approximate surface area is 116 Å². The van der Waals surface area contributed by atoms with Crippen LogP contribution in [0.25, 0.3) is 5.69 Å². The first-order valence-corrected chi connectivity index (χ1v) is 7.08. The highest BCUT2D eigenvalue weighted by Gasteiger charge is 2.10. The van der Waals surface area contributed by atoms with Crippen molar-refractivity contribution < 1.29 is 9.90 Å². The summed E-state index contributed by atoms with van der Waals surface area (Å²) in [5, 5.41) is 9.47. The van der Waals surface area contributed by atoms with Crippen molar-refractivity contribution in [2.75, 3.05) is 5.75 Å². The maximum atomic E-state index is 10.7. The minimum Gasteiger partial charge on any atom is -0.481 e. The number of benzene rings is 1. The summed E-state index contributed by atoms with van der Waals surface area (Å²) in [6.07, 6.45) is 2.93. The zero-order chi connectivity index (χ0) is 13.8. The van der Waals surface area contributed by atoms with E-state index in [1.165, 1.54) is 17.3 Å². The molecule has 0 bridgehead atoms. The van der Waals surface area contributed by atoms with Crippen LogP contribution in [-0.2, 0) is 11.2 Å². The molecule has 0 atom stereocenters. The van der Waals surface area contributed by atoms with Gasteiger partial charge in [0.15, 0.2) is 5.16 Å². The van der Waals surface area contributed by atoms with Crippen molar-refractivity contribution in [1.29, 1.82) is 0 Å². The summed E-state index contributed by atoms with van der Waals surface area (Å²) in [6.45, 7) is 4.02. The second kappa shape index (κ2) is 5.93. The first-order valence-electron chi connectivity index (χ1n) is 6.10. The molecule has 0 aliphatic carbocycles. The van der Waals surface area contributed by atoms with Gasteiger partial charge in [-0.1, -0.05) is 30.8 Å². The second-order valence-corrected chi connectivity index (χ2v) is 5.18. The molecule has 1 heterocycles. The monoisotopic (exact) mass is 276 g/mol. The number of hydrogen-bond donors (Lipinski definition) is 1. The Morgan fingerprint density at radius 3 is 2.63 bits per heavy atom. The SMILES string of the molecule is CCc1ccc(-n2cc(C)nc2SCC(=O)O)cc1. The van der Waals surface area contributed by atoms with Gasteiger partial charge in [-0.15, -0.1) is 0 Å². The van der Waals surface area contributed by atoms with Gasteiger partial charge in [-0.25, -0.2) is 4.98 Å². The number of aryl methyl sites for hydroxylation is 2. The van der Waals surface area contributed by atoms with Crippen LogP contribution in [0, 0.1) is 6.92 Å². The number of hydrogen-bond acceptors (Lipinski definition) is 3. The topological polar surface area (TPSA) is 55.1 Å². The number of aliphatic carboxylic acids is 1. The highest BCUT2D eigenvalue weighted by atomic mass is 32.2. The standard InChI is InChI=1S/C14H16N2O2S/c1-3-11-4-6-12(7-5-11)16-8-10(2)15-14(16)19-9-13(17)18/h4-8H,3,9H2,1-2H3,(H,17,18). The molecular weight excluding hydrogens is 260 g/mol. The molecule has 19 heavy (non-hydrogen) atoms. The van der Waals surface area contributed by atoms with E-state index < -0.39 is 5.97 Å². The van der Waals surface area contributed by atoms with E-state index in [1.54, 1.807) is 0 Å². The van der Waals surface area contributed by atoms with Crippen molar-refractivity contribution in [3.05, 3.63) is 41.7 Å². The molecule has 0 saturated carbocycles. The van der Waals surface area contributed by atoms with Crippen molar-refractivity contribution in [2.24, 2.45) is 0 Å². The predicted molar refractivity (Wildman–Crippen MR) is 76.0 cm³/mol. The van der Waals surface area contributed by atoms with Crippen LogP contribution in [-0.4, -0.2) is 26.4 Å². The molecule has 100 valence electrons. The van der Waals surface area contributed by atoms with Gasteiger partial charge in [-0.3, -0.25) is 9.36 Å². The maximum absolute atomic E-state index is 10.7. The number of imidazole rings is 1. The molecule has 0 aliphatic heterocycles. The Morgan fingerprint density at radius 1 is 1.37 bits per heavy atom. The van der Waals surface area contributed by atoms with Gasteiger partial charge in [0.25, 0.3) is 0 Å². The van der Waals surface area contributed by atoms with Crippen LogP contribution in [0.4, 0.5) is 0 Å². The molecule has 1 N–H and O–H groups in total. The molecule has 2 aromatic rings. The molecule has 5 heteroatoms. The number of rotatable bonds is 5. The van der Waals surface area contributed by atoms with Gasteiger partial charge in [0.2, 0.25) is 0 Å². The van der Waals surface area contributed by atoms with Crippen LogP contribution in [0.15, 0.2) is 35.6 Å². The van der Waals surface area contributed by atoms with E-state index in [0.717, 1.165) is 17.8 Å². The largest absolute Gasteiger partial charge is 0.481 e. The highest BCUT2D eigenvalue weighted by Crippen LogP contribution is 2.22. The summed E-state index contributed by atoms with van der Waals surface area (Å²) in [5.74, 6) is -0.817. The Morgan fingerprint density at radius 2 is 2.05 bits per heavy atom. The van der Waals surface area contributed by atoms with Crippen LogP contribution in [0.2, 0.25) is 0 Å². The highest BCUT2D eigenvalue weighted by molar-refractivity contribution is 7.99. The summed E-state index contributed by atoms with van der Waals surface area (Å²) >= 11 is 1.23. The fourth-order valence-electron chi connectivity index (χ4n) is 1.78. The number of carboxylic acid groups (broad SMARTS) is 1. The number of thioether (sulfide) groups is 1. The molecule has 0 spiro atoms. The molecular formula is C14H16N2O2S. The number of nitrogens with zero attached hydrogens (tertiary/aromatic N) is 2. The molecule has 4 nitrogen and oxygen atoms in total. The van der Waals surface area contributed by atoms with E-state index in [2.05, 4.69) is 24.0 Å². The summed E-state index contributed by atoms with van der Waals surface area (Å²) in [6, 6.07) is 8.22. The lowest BCUT2D eigenvalue weighted by Crippen LogP contribution is -2.01. The minimum atomic E-state index is -0.835. The van der Waals surface area contributed by atoms with Gasteiger partial charge < -0.3 is 5.11 Å². The maximum Gasteiger partial charge on any atom is 0.313 e. The summed E-state index contributed by atoms with van der Waals surface area (Å²) in [5.41, 5.74) is 3.17. The van der Waals surface area contributed by atoms with E-state index in [9.17, 15) is 4.79 Å². The zero-order valence-corrected chi connectivity index (χ0v) is 11.8. The lowest BCUT2D eigenvalue weighted by Gasteiger charge is -2.07. The molecule has 0 amide bonds. The van der Waals surface area contributed by atoms with Crippen LogP contribution in [0.1, 0.15) is 18.2 Å². The first kappa shape index (κ1) is 13.7. The minimum absolute atomic E-state index is 0.0174.